The topological polar surface area (TPSA) is 65.6 Å². The van der Waals surface area contributed by atoms with Crippen LogP contribution in [-0.2, 0) is 16.1 Å². The van der Waals surface area contributed by atoms with Crippen molar-refractivity contribution < 1.29 is 9.53 Å². The quantitative estimate of drug-likeness (QED) is 0.130. The molecular formula is C34H29N3O3S2. The third kappa shape index (κ3) is 4.97. The van der Waals surface area contributed by atoms with Crippen LogP contribution >= 0.6 is 23.1 Å². The minimum Gasteiger partial charge on any atom is -0.463 e. The summed E-state index contributed by atoms with van der Waals surface area (Å²) in [6, 6.07) is 25.0. The number of benzene rings is 3. The predicted octanol–water partition coefficient (Wildman–Crippen LogP) is 5.80. The maximum atomic E-state index is 14.2. The van der Waals surface area contributed by atoms with Gasteiger partial charge >= 0.3 is 5.97 Å². The van der Waals surface area contributed by atoms with Crippen molar-refractivity contribution in [3.05, 3.63) is 140 Å². The number of nitrogens with zero attached hydrogens (tertiary/aromatic N) is 3. The Labute approximate surface area is 251 Å². The van der Waals surface area contributed by atoms with E-state index in [-0.39, 0.29) is 12.2 Å². The lowest BCUT2D eigenvalue weighted by atomic mass is 9.93. The fourth-order valence-corrected chi connectivity index (χ4v) is 6.76. The second-order valence-electron chi connectivity index (χ2n) is 9.75. The molecule has 1 aliphatic heterocycles. The lowest BCUT2D eigenvalue weighted by molar-refractivity contribution is -0.138. The lowest BCUT2D eigenvalue weighted by Crippen LogP contribution is -2.40. The zero-order valence-corrected chi connectivity index (χ0v) is 25.0. The molecule has 1 aliphatic rings. The summed E-state index contributed by atoms with van der Waals surface area (Å²) in [7, 11) is 0. The monoisotopic (exact) mass is 591 g/mol. The summed E-state index contributed by atoms with van der Waals surface area (Å²) in [6.45, 7) is 6.54. The molecule has 210 valence electrons. The van der Waals surface area contributed by atoms with Crippen molar-refractivity contribution in [2.75, 3.05) is 12.9 Å². The number of carbonyl (C=O) groups excluding carboxylic acids is 1. The number of carbonyl (C=O) groups is 1. The van der Waals surface area contributed by atoms with E-state index in [0.29, 0.717) is 27.1 Å². The summed E-state index contributed by atoms with van der Waals surface area (Å²) in [5, 5.41) is 1.05. The number of ether oxygens (including phenoxy) is 1. The first-order chi connectivity index (χ1) is 20.5. The van der Waals surface area contributed by atoms with Crippen LogP contribution in [0.5, 0.6) is 0 Å². The highest BCUT2D eigenvalue weighted by Crippen LogP contribution is 2.35. The van der Waals surface area contributed by atoms with Gasteiger partial charge in [0, 0.05) is 39.7 Å². The molecule has 0 fully saturated rings. The van der Waals surface area contributed by atoms with Crippen molar-refractivity contribution in [2.24, 2.45) is 4.99 Å². The van der Waals surface area contributed by atoms with Crippen LogP contribution < -0.4 is 14.9 Å². The Morgan fingerprint density at radius 1 is 1.07 bits per heavy atom. The number of fused-ring (bicyclic) bond motifs is 2. The van der Waals surface area contributed by atoms with Gasteiger partial charge in [0.2, 0.25) is 0 Å². The fourth-order valence-electron chi connectivity index (χ4n) is 5.36. The molecule has 6 nitrogen and oxygen atoms in total. The molecule has 5 aromatic rings. The van der Waals surface area contributed by atoms with E-state index in [9.17, 15) is 9.59 Å². The number of esters is 1. The van der Waals surface area contributed by atoms with Crippen LogP contribution in [0.25, 0.3) is 22.7 Å². The SMILES string of the molecule is C=CCn1cc(/C=c2\sc3n(c2=O)[C@@H](c2ccc(SC)cc2)C(C(=O)OCC)=C(c2ccccc2)N=3)c2ccccc21. The molecule has 0 spiro atoms. The van der Waals surface area contributed by atoms with Gasteiger partial charge in [-0.3, -0.25) is 9.36 Å². The van der Waals surface area contributed by atoms with E-state index in [4.69, 9.17) is 9.73 Å². The van der Waals surface area contributed by atoms with E-state index >= 15 is 0 Å². The third-order valence-electron chi connectivity index (χ3n) is 7.24. The van der Waals surface area contributed by atoms with Crippen LogP contribution in [0.2, 0.25) is 0 Å². The van der Waals surface area contributed by atoms with Gasteiger partial charge in [-0.1, -0.05) is 78.1 Å². The molecule has 1 atom stereocenters. The Morgan fingerprint density at radius 2 is 1.81 bits per heavy atom. The second kappa shape index (κ2) is 11.8. The molecule has 0 aliphatic carbocycles. The number of hydrogen-bond acceptors (Lipinski definition) is 6. The molecule has 0 saturated heterocycles. The van der Waals surface area contributed by atoms with Gasteiger partial charge in [0.25, 0.3) is 5.56 Å². The molecule has 2 aromatic heterocycles. The maximum absolute atomic E-state index is 14.2. The molecule has 0 N–H and O–H groups in total. The summed E-state index contributed by atoms with van der Waals surface area (Å²) in [5.41, 5.74) is 4.27. The molecule has 3 aromatic carbocycles. The average molecular weight is 592 g/mol. The number of thiazole rings is 1. The molecule has 0 unspecified atom stereocenters. The minimum absolute atomic E-state index is 0.202. The van der Waals surface area contributed by atoms with Crippen LogP contribution in [0, 0.1) is 0 Å². The Hall–Kier alpha value is -4.40. The smallest absolute Gasteiger partial charge is 0.338 e. The molecular weight excluding hydrogens is 563 g/mol. The van der Waals surface area contributed by atoms with Gasteiger partial charge in [-0.25, -0.2) is 9.79 Å². The van der Waals surface area contributed by atoms with E-state index in [2.05, 4.69) is 23.3 Å². The van der Waals surface area contributed by atoms with Crippen LogP contribution in [-0.4, -0.2) is 28.0 Å². The Kier molecular flexibility index (Phi) is 7.82. The van der Waals surface area contributed by atoms with Crippen molar-refractivity contribution in [1.29, 1.82) is 0 Å². The zero-order valence-electron chi connectivity index (χ0n) is 23.3. The van der Waals surface area contributed by atoms with Crippen LogP contribution in [0.4, 0.5) is 0 Å². The number of thioether (sulfide) groups is 1. The third-order valence-corrected chi connectivity index (χ3v) is 8.96. The summed E-state index contributed by atoms with van der Waals surface area (Å²) >= 11 is 2.96. The highest BCUT2D eigenvalue weighted by molar-refractivity contribution is 7.98. The van der Waals surface area contributed by atoms with Crippen LogP contribution in [0.3, 0.4) is 0 Å². The normalized spacial score (nSPS) is 15.0. The van der Waals surface area contributed by atoms with Gasteiger partial charge in [0.1, 0.15) is 0 Å². The van der Waals surface area contributed by atoms with E-state index in [0.717, 1.165) is 32.5 Å². The summed E-state index contributed by atoms with van der Waals surface area (Å²) in [5.74, 6) is -0.485. The van der Waals surface area contributed by atoms with E-state index < -0.39 is 12.0 Å². The van der Waals surface area contributed by atoms with Crippen LogP contribution in [0.1, 0.15) is 29.7 Å². The Morgan fingerprint density at radius 3 is 2.52 bits per heavy atom. The standard InChI is InChI=1S/C34H29N3O3S2/c1-4-19-36-21-24(26-13-9-10-14-27(26)36)20-28-32(38)37-31(23-15-17-25(41-3)18-16-23)29(33(39)40-5-2)30(35-34(37)42-28)22-11-7-6-8-12-22/h4,6-18,20-21,31H,1,5,19H2,2-3H3/b28-20-/t31-/m0/s1. The summed E-state index contributed by atoms with van der Waals surface area (Å²) in [6.07, 6.45) is 7.84. The number of rotatable bonds is 8. The maximum Gasteiger partial charge on any atom is 0.338 e. The summed E-state index contributed by atoms with van der Waals surface area (Å²) in [4.78, 5) is 34.5. The van der Waals surface area contributed by atoms with Crippen molar-refractivity contribution in [2.45, 2.75) is 24.4 Å². The zero-order chi connectivity index (χ0) is 29.2. The largest absolute Gasteiger partial charge is 0.463 e. The molecule has 6 rings (SSSR count). The van der Waals surface area contributed by atoms with Crippen molar-refractivity contribution in [3.63, 3.8) is 0 Å². The van der Waals surface area contributed by atoms with E-state index in [1.165, 1.54) is 11.3 Å². The van der Waals surface area contributed by atoms with Gasteiger partial charge < -0.3 is 9.30 Å². The molecule has 42 heavy (non-hydrogen) atoms. The van der Waals surface area contributed by atoms with E-state index in [1.807, 2.05) is 91.3 Å². The highest BCUT2D eigenvalue weighted by atomic mass is 32.2. The first-order valence-electron chi connectivity index (χ1n) is 13.6. The van der Waals surface area contributed by atoms with Gasteiger partial charge in [-0.15, -0.1) is 18.3 Å². The van der Waals surface area contributed by atoms with Gasteiger partial charge in [0.15, 0.2) is 4.80 Å². The van der Waals surface area contributed by atoms with Crippen LogP contribution in [0.15, 0.2) is 118 Å². The van der Waals surface area contributed by atoms with Crippen molar-refractivity contribution in [3.8, 4) is 0 Å². The number of aromatic nitrogens is 2. The first-order valence-corrected chi connectivity index (χ1v) is 15.7. The fraction of sp³-hybridized carbons (Fsp3) is 0.147. The molecule has 0 amide bonds. The first kappa shape index (κ1) is 27.8. The predicted molar refractivity (Wildman–Crippen MR) is 171 cm³/mol. The summed E-state index contributed by atoms with van der Waals surface area (Å²) < 4.78 is 9.87. The van der Waals surface area contributed by atoms with Gasteiger partial charge in [-0.05, 0) is 43.0 Å². The lowest BCUT2D eigenvalue weighted by Gasteiger charge is -2.26. The van der Waals surface area contributed by atoms with Gasteiger partial charge in [0.05, 0.1) is 28.5 Å². The van der Waals surface area contributed by atoms with E-state index in [1.54, 1.807) is 23.3 Å². The number of para-hydroxylation sites is 1. The van der Waals surface area contributed by atoms with Crippen molar-refractivity contribution >= 4 is 51.7 Å². The Balaban J connectivity index is 1.64. The number of hydrogen-bond donors (Lipinski definition) is 0. The molecule has 3 heterocycles. The molecule has 8 heteroatoms. The average Bonchev–Trinajstić information content (AvgIpc) is 3.53. The number of allylic oxidation sites excluding steroid dienone is 1. The Bertz CT molecular complexity index is 2020. The highest BCUT2D eigenvalue weighted by Gasteiger charge is 2.35. The second-order valence-corrected chi connectivity index (χ2v) is 11.6. The van der Waals surface area contributed by atoms with Crippen molar-refractivity contribution in [1.82, 2.24) is 9.13 Å². The molecule has 0 saturated carbocycles. The van der Waals surface area contributed by atoms with Gasteiger partial charge in [-0.2, -0.15) is 0 Å². The minimum atomic E-state index is -0.698. The molecule has 0 radical (unpaired) electrons. The molecule has 0 bridgehead atoms.